The number of nitrogens with one attached hydrogen (secondary N) is 3. The Labute approximate surface area is 174 Å². The molecule has 3 rings (SSSR count). The number of carbonyl (C=O) groups excluding carboxylic acids is 1. The van der Waals surface area contributed by atoms with Crippen LogP contribution in [0.4, 0.5) is 0 Å². The largest absolute Gasteiger partial charge is 0.496 e. The van der Waals surface area contributed by atoms with E-state index >= 15 is 0 Å². The number of ether oxygens (including phenoxy) is 1. The minimum atomic E-state index is 0.155. The molecule has 29 heavy (non-hydrogen) atoms. The molecule has 1 aliphatic carbocycles. The van der Waals surface area contributed by atoms with Gasteiger partial charge in [0.15, 0.2) is 5.96 Å². The highest BCUT2D eigenvalue weighted by atomic mass is 16.5. The van der Waals surface area contributed by atoms with E-state index in [-0.39, 0.29) is 11.9 Å². The third-order valence-corrected chi connectivity index (χ3v) is 5.58. The van der Waals surface area contributed by atoms with E-state index in [2.05, 4.69) is 38.0 Å². The van der Waals surface area contributed by atoms with Gasteiger partial charge in [-0.3, -0.25) is 14.7 Å². The highest BCUT2D eigenvalue weighted by Gasteiger charge is 2.26. The van der Waals surface area contributed by atoms with Gasteiger partial charge in [0, 0.05) is 38.2 Å². The van der Waals surface area contributed by atoms with Gasteiger partial charge in [-0.15, -0.1) is 0 Å². The lowest BCUT2D eigenvalue weighted by Gasteiger charge is -2.30. The first-order chi connectivity index (χ1) is 14.2. The maximum absolute atomic E-state index is 11.8. The fourth-order valence-electron chi connectivity index (χ4n) is 3.83. The van der Waals surface area contributed by atoms with Crippen molar-refractivity contribution in [3.63, 3.8) is 0 Å². The maximum Gasteiger partial charge on any atom is 0.220 e. The number of hydrogen-bond donors (Lipinski definition) is 3. The minimum Gasteiger partial charge on any atom is -0.496 e. The van der Waals surface area contributed by atoms with E-state index in [0.29, 0.717) is 12.5 Å². The standard InChI is InChI=1S/C22H35N5O2/c1-23-22(24-13-7-10-21(28)26-17-11-12-17)25-16-19(27-14-5-6-15-27)18-8-3-4-9-20(18)29-2/h3-4,8-9,17,19H,5-7,10-16H2,1-2H3,(H,26,28)(H2,23,24,25). The lowest BCUT2D eigenvalue weighted by atomic mass is 10.0. The third kappa shape index (κ3) is 6.63. The molecule has 0 bridgehead atoms. The lowest BCUT2D eigenvalue weighted by Crippen LogP contribution is -2.43. The summed E-state index contributed by atoms with van der Waals surface area (Å²) in [5.74, 6) is 1.85. The first-order valence-corrected chi connectivity index (χ1v) is 10.8. The molecule has 1 saturated carbocycles. The van der Waals surface area contributed by atoms with E-state index in [1.165, 1.54) is 18.4 Å². The molecule has 1 heterocycles. The number of benzene rings is 1. The fourth-order valence-corrected chi connectivity index (χ4v) is 3.83. The van der Waals surface area contributed by atoms with Crippen LogP contribution in [0.15, 0.2) is 29.3 Å². The van der Waals surface area contributed by atoms with Crippen LogP contribution in [-0.4, -0.2) is 63.1 Å². The van der Waals surface area contributed by atoms with Gasteiger partial charge >= 0.3 is 0 Å². The van der Waals surface area contributed by atoms with Crippen LogP contribution in [0.2, 0.25) is 0 Å². The zero-order chi connectivity index (χ0) is 20.5. The summed E-state index contributed by atoms with van der Waals surface area (Å²) >= 11 is 0. The van der Waals surface area contributed by atoms with Gasteiger partial charge < -0.3 is 20.7 Å². The molecule has 160 valence electrons. The molecule has 2 aliphatic rings. The van der Waals surface area contributed by atoms with Crippen molar-refractivity contribution in [2.75, 3.05) is 40.3 Å². The van der Waals surface area contributed by atoms with Gasteiger partial charge in [-0.25, -0.2) is 0 Å². The SMILES string of the molecule is CN=C(NCCCC(=O)NC1CC1)NCC(c1ccccc1OC)N1CCCC1. The Kier molecular flexibility index (Phi) is 8.16. The Morgan fingerprint density at radius 2 is 2.00 bits per heavy atom. The highest BCUT2D eigenvalue weighted by Crippen LogP contribution is 2.31. The van der Waals surface area contributed by atoms with E-state index in [1.54, 1.807) is 14.2 Å². The van der Waals surface area contributed by atoms with Gasteiger partial charge in [0.05, 0.1) is 13.2 Å². The third-order valence-electron chi connectivity index (χ3n) is 5.58. The smallest absolute Gasteiger partial charge is 0.220 e. The Morgan fingerprint density at radius 1 is 1.24 bits per heavy atom. The topological polar surface area (TPSA) is 78.0 Å². The Hall–Kier alpha value is -2.28. The van der Waals surface area contributed by atoms with E-state index in [4.69, 9.17) is 4.74 Å². The molecule has 7 heteroatoms. The predicted octanol–water partition coefficient (Wildman–Crippen LogP) is 2.06. The molecular weight excluding hydrogens is 366 g/mol. The van der Waals surface area contributed by atoms with Crippen molar-refractivity contribution in [1.29, 1.82) is 0 Å². The molecule has 0 radical (unpaired) electrons. The van der Waals surface area contributed by atoms with Crippen LogP contribution >= 0.6 is 0 Å². The zero-order valence-corrected chi connectivity index (χ0v) is 17.7. The van der Waals surface area contributed by atoms with Crippen molar-refractivity contribution in [3.8, 4) is 5.75 Å². The van der Waals surface area contributed by atoms with Crippen molar-refractivity contribution >= 4 is 11.9 Å². The number of carbonyl (C=O) groups is 1. The summed E-state index contributed by atoms with van der Waals surface area (Å²) in [6, 6.07) is 8.92. The van der Waals surface area contributed by atoms with Crippen LogP contribution < -0.4 is 20.7 Å². The normalized spacial score (nSPS) is 18.3. The number of hydrogen-bond acceptors (Lipinski definition) is 4. The molecule has 1 aromatic rings. The molecule has 1 aromatic carbocycles. The number of para-hydroxylation sites is 1. The van der Waals surface area contributed by atoms with Crippen LogP contribution in [0.3, 0.4) is 0 Å². The van der Waals surface area contributed by atoms with Crippen LogP contribution in [0.25, 0.3) is 0 Å². The number of nitrogens with zero attached hydrogens (tertiary/aromatic N) is 2. The van der Waals surface area contributed by atoms with Crippen LogP contribution in [0, 0.1) is 0 Å². The van der Waals surface area contributed by atoms with Gasteiger partial charge in [-0.2, -0.15) is 0 Å². The fraction of sp³-hybridized carbons (Fsp3) is 0.636. The van der Waals surface area contributed by atoms with Gasteiger partial charge in [0.25, 0.3) is 0 Å². The van der Waals surface area contributed by atoms with Gasteiger partial charge in [0.2, 0.25) is 5.91 Å². The minimum absolute atomic E-state index is 0.155. The Bertz CT molecular complexity index is 684. The summed E-state index contributed by atoms with van der Waals surface area (Å²) in [7, 11) is 3.51. The van der Waals surface area contributed by atoms with Crippen LogP contribution in [0.1, 0.15) is 50.1 Å². The molecular formula is C22H35N5O2. The molecule has 1 aliphatic heterocycles. The summed E-state index contributed by atoms with van der Waals surface area (Å²) in [6.45, 7) is 3.68. The average molecular weight is 402 g/mol. The molecule has 1 unspecified atom stereocenters. The Morgan fingerprint density at radius 3 is 2.69 bits per heavy atom. The number of guanidine groups is 1. The van der Waals surface area contributed by atoms with Gasteiger partial charge in [0.1, 0.15) is 5.75 Å². The van der Waals surface area contributed by atoms with Crippen molar-refractivity contribution in [1.82, 2.24) is 20.9 Å². The molecule has 3 N–H and O–H groups in total. The second-order valence-corrected chi connectivity index (χ2v) is 7.83. The Balaban J connectivity index is 1.49. The van der Waals surface area contributed by atoms with Crippen molar-refractivity contribution in [2.45, 2.75) is 50.6 Å². The summed E-state index contributed by atoms with van der Waals surface area (Å²) < 4.78 is 5.61. The summed E-state index contributed by atoms with van der Waals surface area (Å²) in [6.07, 6.45) is 6.08. The van der Waals surface area contributed by atoms with Crippen molar-refractivity contribution in [2.24, 2.45) is 4.99 Å². The van der Waals surface area contributed by atoms with Crippen molar-refractivity contribution < 1.29 is 9.53 Å². The van der Waals surface area contributed by atoms with Gasteiger partial charge in [-0.1, -0.05) is 18.2 Å². The number of methoxy groups -OCH3 is 1. The number of amides is 1. The molecule has 1 saturated heterocycles. The summed E-state index contributed by atoms with van der Waals surface area (Å²) in [5.41, 5.74) is 1.21. The number of likely N-dealkylation sites (tertiary alicyclic amines) is 1. The van der Waals surface area contributed by atoms with Crippen LogP contribution in [0.5, 0.6) is 5.75 Å². The summed E-state index contributed by atoms with van der Waals surface area (Å²) in [5, 5.41) is 9.82. The van der Waals surface area contributed by atoms with E-state index in [1.807, 2.05) is 12.1 Å². The summed E-state index contributed by atoms with van der Waals surface area (Å²) in [4.78, 5) is 18.6. The second kappa shape index (κ2) is 11.0. The van der Waals surface area contributed by atoms with Crippen LogP contribution in [-0.2, 0) is 4.79 Å². The first-order valence-electron chi connectivity index (χ1n) is 10.8. The maximum atomic E-state index is 11.8. The predicted molar refractivity (Wildman–Crippen MR) is 116 cm³/mol. The van der Waals surface area contributed by atoms with Crippen molar-refractivity contribution in [3.05, 3.63) is 29.8 Å². The number of rotatable bonds is 10. The van der Waals surface area contributed by atoms with E-state index in [9.17, 15) is 4.79 Å². The quantitative estimate of drug-likeness (QED) is 0.318. The molecule has 7 nitrogen and oxygen atoms in total. The lowest BCUT2D eigenvalue weighted by molar-refractivity contribution is -0.121. The highest BCUT2D eigenvalue weighted by molar-refractivity contribution is 5.80. The monoisotopic (exact) mass is 401 g/mol. The zero-order valence-electron chi connectivity index (χ0n) is 17.7. The second-order valence-electron chi connectivity index (χ2n) is 7.83. The molecule has 0 aromatic heterocycles. The average Bonchev–Trinajstić information content (AvgIpc) is 3.39. The molecule has 2 fully saturated rings. The van der Waals surface area contributed by atoms with E-state index < -0.39 is 0 Å². The molecule has 1 atom stereocenters. The van der Waals surface area contributed by atoms with E-state index in [0.717, 1.165) is 57.2 Å². The molecule has 1 amide bonds. The number of aliphatic imine (C=N–C) groups is 1. The molecule has 0 spiro atoms. The first kappa shape index (κ1) is 21.4. The van der Waals surface area contributed by atoms with Gasteiger partial charge in [-0.05, 0) is 51.3 Å².